The number of halogens is 3. The van der Waals surface area contributed by atoms with Crippen LogP contribution in [0.25, 0.3) is 0 Å². The van der Waals surface area contributed by atoms with E-state index in [1.807, 2.05) is 0 Å². The number of methoxy groups -OCH3 is 1. The van der Waals surface area contributed by atoms with Crippen LogP contribution in [0, 0.1) is 0 Å². The number of nitrogens with one attached hydrogen (secondary N) is 1. The van der Waals surface area contributed by atoms with E-state index >= 15 is 0 Å². The molecular weight excluding hydrogens is 423 g/mol. The van der Waals surface area contributed by atoms with Crippen LogP contribution < -0.4 is 10.1 Å². The van der Waals surface area contributed by atoms with E-state index in [1.165, 1.54) is 4.90 Å². The van der Waals surface area contributed by atoms with Gasteiger partial charge in [0.05, 0.1) is 13.2 Å². The smallest absolute Gasteiger partial charge is 0.275 e. The van der Waals surface area contributed by atoms with Crippen LogP contribution in [-0.2, 0) is 9.59 Å². The van der Waals surface area contributed by atoms with E-state index < -0.39 is 41.3 Å². The van der Waals surface area contributed by atoms with Crippen LogP contribution in [0.4, 0.5) is 13.2 Å². The van der Waals surface area contributed by atoms with E-state index in [0.717, 1.165) is 25.3 Å². The molecule has 1 aliphatic heterocycles. The molecule has 0 aromatic heterocycles. The molecule has 2 atom stereocenters. The van der Waals surface area contributed by atoms with Crippen LogP contribution in [0.2, 0.25) is 0 Å². The van der Waals surface area contributed by atoms with Gasteiger partial charge in [-0.05, 0) is 56.0 Å². The number of ether oxygens (including phenoxy) is 1. The van der Waals surface area contributed by atoms with Gasteiger partial charge in [-0.1, -0.05) is 6.42 Å². The third kappa shape index (κ3) is 4.16. The Morgan fingerprint density at radius 3 is 2.56 bits per heavy atom. The van der Waals surface area contributed by atoms with Gasteiger partial charge in [0.1, 0.15) is 35.3 Å². The largest absolute Gasteiger partial charge is 0.497 e. The van der Waals surface area contributed by atoms with Crippen molar-refractivity contribution < 1.29 is 27.5 Å². The van der Waals surface area contributed by atoms with Gasteiger partial charge >= 0.3 is 0 Å². The fraction of sp³-hybridized carbons (Fsp3) is 0.435. The summed E-state index contributed by atoms with van der Waals surface area (Å²) in [5.41, 5.74) is 0.0100. The SMILES string of the molecule is COc1ccc(C2=NC3(CCCCC3)N(CC(=O)NC3C=C(F)C=C(F)C3F)C2=O)cc1. The Hall–Kier alpha value is -3.10. The zero-order valence-corrected chi connectivity index (χ0v) is 17.6. The Labute approximate surface area is 183 Å². The average Bonchev–Trinajstić information content (AvgIpc) is 3.03. The molecule has 1 aromatic rings. The predicted octanol–water partition coefficient (Wildman–Crippen LogP) is 3.53. The second-order valence-corrected chi connectivity index (χ2v) is 8.20. The van der Waals surface area contributed by atoms with Crippen LogP contribution in [0.15, 0.2) is 53.1 Å². The highest BCUT2D eigenvalue weighted by atomic mass is 19.2. The maximum absolute atomic E-state index is 14.1. The summed E-state index contributed by atoms with van der Waals surface area (Å²) < 4.78 is 46.3. The first kappa shape index (κ1) is 22.1. The Morgan fingerprint density at radius 1 is 1.22 bits per heavy atom. The lowest BCUT2D eigenvalue weighted by Crippen LogP contribution is -2.54. The molecule has 170 valence electrons. The zero-order chi connectivity index (χ0) is 22.9. The number of aliphatic imine (C=N–C) groups is 1. The van der Waals surface area contributed by atoms with E-state index in [1.54, 1.807) is 31.4 Å². The van der Waals surface area contributed by atoms with Crippen LogP contribution in [-0.4, -0.2) is 54.0 Å². The van der Waals surface area contributed by atoms with Gasteiger partial charge in [0, 0.05) is 11.6 Å². The minimum Gasteiger partial charge on any atom is -0.497 e. The summed E-state index contributed by atoms with van der Waals surface area (Å²) in [5.74, 6) is -2.73. The van der Waals surface area contributed by atoms with Gasteiger partial charge in [0.2, 0.25) is 5.91 Å². The maximum Gasteiger partial charge on any atom is 0.275 e. The van der Waals surface area contributed by atoms with Crippen molar-refractivity contribution in [3.8, 4) is 5.75 Å². The molecule has 1 spiro atoms. The van der Waals surface area contributed by atoms with Crippen LogP contribution >= 0.6 is 0 Å². The molecule has 2 unspecified atom stereocenters. The first-order valence-corrected chi connectivity index (χ1v) is 10.6. The number of hydrogen-bond donors (Lipinski definition) is 1. The fourth-order valence-electron chi connectivity index (χ4n) is 4.47. The van der Waals surface area contributed by atoms with E-state index in [9.17, 15) is 22.8 Å². The van der Waals surface area contributed by atoms with Crippen LogP contribution in [0.1, 0.15) is 37.7 Å². The van der Waals surface area contributed by atoms with E-state index in [-0.39, 0.29) is 12.3 Å². The molecule has 32 heavy (non-hydrogen) atoms. The average molecular weight is 447 g/mol. The number of nitrogens with zero attached hydrogens (tertiary/aromatic N) is 2. The monoisotopic (exact) mass is 447 g/mol. The highest BCUT2D eigenvalue weighted by Gasteiger charge is 2.48. The predicted molar refractivity (Wildman–Crippen MR) is 112 cm³/mol. The molecule has 1 N–H and O–H groups in total. The lowest BCUT2D eigenvalue weighted by Gasteiger charge is -2.39. The van der Waals surface area contributed by atoms with Gasteiger partial charge in [0.15, 0.2) is 6.17 Å². The first-order chi connectivity index (χ1) is 15.3. The van der Waals surface area contributed by atoms with Crippen LogP contribution in [0.3, 0.4) is 0 Å². The minimum atomic E-state index is -2.18. The van der Waals surface area contributed by atoms with Crippen molar-refractivity contribution in [1.82, 2.24) is 10.2 Å². The Balaban J connectivity index is 1.55. The summed E-state index contributed by atoms with van der Waals surface area (Å²) in [5, 5.41) is 2.30. The molecule has 0 radical (unpaired) electrons. The quantitative estimate of drug-likeness (QED) is 0.751. The molecule has 4 rings (SSSR count). The Morgan fingerprint density at radius 2 is 1.91 bits per heavy atom. The molecule has 6 nitrogen and oxygen atoms in total. The first-order valence-electron chi connectivity index (χ1n) is 10.6. The number of carbonyl (C=O) groups excluding carboxylic acids is 2. The lowest BCUT2D eigenvalue weighted by atomic mass is 9.88. The van der Waals surface area contributed by atoms with E-state index in [0.29, 0.717) is 30.2 Å². The number of alkyl halides is 1. The highest BCUT2D eigenvalue weighted by molar-refractivity contribution is 6.47. The Bertz CT molecular complexity index is 997. The third-order valence-electron chi connectivity index (χ3n) is 6.11. The van der Waals surface area contributed by atoms with Gasteiger partial charge in [-0.2, -0.15) is 0 Å². The van der Waals surface area contributed by atoms with Crippen molar-refractivity contribution in [2.45, 2.75) is 50.0 Å². The molecule has 2 amide bonds. The molecule has 0 saturated heterocycles. The van der Waals surface area contributed by atoms with E-state index in [4.69, 9.17) is 9.73 Å². The molecule has 2 aliphatic carbocycles. The Kier molecular flexibility index (Phi) is 6.08. The zero-order valence-electron chi connectivity index (χ0n) is 17.6. The van der Waals surface area contributed by atoms with Crippen molar-refractivity contribution in [1.29, 1.82) is 0 Å². The number of carbonyl (C=O) groups is 2. The van der Waals surface area contributed by atoms with Crippen LogP contribution in [0.5, 0.6) is 5.75 Å². The van der Waals surface area contributed by atoms with Crippen molar-refractivity contribution in [2.24, 2.45) is 4.99 Å². The molecule has 1 heterocycles. The second-order valence-electron chi connectivity index (χ2n) is 8.20. The highest BCUT2D eigenvalue weighted by Crippen LogP contribution is 2.39. The van der Waals surface area contributed by atoms with Gasteiger partial charge in [-0.15, -0.1) is 0 Å². The number of hydrogen-bond acceptors (Lipinski definition) is 4. The third-order valence-corrected chi connectivity index (χ3v) is 6.11. The molecule has 1 saturated carbocycles. The number of benzene rings is 1. The fourth-order valence-corrected chi connectivity index (χ4v) is 4.47. The molecular formula is C23H24F3N3O3. The number of amides is 2. The normalized spacial score (nSPS) is 24.7. The number of rotatable bonds is 5. The van der Waals surface area contributed by atoms with Gasteiger partial charge in [0.25, 0.3) is 5.91 Å². The van der Waals surface area contributed by atoms with Gasteiger partial charge < -0.3 is 15.0 Å². The molecule has 1 fully saturated rings. The van der Waals surface area contributed by atoms with Crippen molar-refractivity contribution >= 4 is 17.5 Å². The van der Waals surface area contributed by atoms with Crippen molar-refractivity contribution in [3.63, 3.8) is 0 Å². The maximum atomic E-state index is 14.1. The summed E-state index contributed by atoms with van der Waals surface area (Å²) >= 11 is 0. The number of allylic oxidation sites excluding steroid dienone is 2. The second kappa shape index (κ2) is 8.80. The topological polar surface area (TPSA) is 71.0 Å². The molecule has 1 aromatic carbocycles. The molecule has 3 aliphatic rings. The summed E-state index contributed by atoms with van der Waals surface area (Å²) in [4.78, 5) is 32.2. The minimum absolute atomic E-state index is 0.253. The van der Waals surface area contributed by atoms with Crippen molar-refractivity contribution in [2.75, 3.05) is 13.7 Å². The molecule has 9 heteroatoms. The van der Waals surface area contributed by atoms with Gasteiger partial charge in [-0.25, -0.2) is 13.2 Å². The standard InChI is InChI=1S/C23H24F3N3O3/c1-32-16-7-5-14(6-8-16)21-22(31)29(23(28-21)9-3-2-4-10-23)13-19(30)27-18-12-15(24)11-17(25)20(18)26/h5-8,11-12,18,20H,2-4,9-10,13H2,1H3,(H,27,30). The molecule has 0 bridgehead atoms. The summed E-state index contributed by atoms with van der Waals surface area (Å²) in [6.07, 6.45) is 3.00. The van der Waals surface area contributed by atoms with Gasteiger partial charge in [-0.3, -0.25) is 14.6 Å². The lowest BCUT2D eigenvalue weighted by molar-refractivity contribution is -0.136. The summed E-state index contributed by atoms with van der Waals surface area (Å²) in [6, 6.07) is 5.43. The van der Waals surface area contributed by atoms with E-state index in [2.05, 4.69) is 5.32 Å². The summed E-state index contributed by atoms with van der Waals surface area (Å²) in [7, 11) is 1.54. The summed E-state index contributed by atoms with van der Waals surface area (Å²) in [6.45, 7) is -0.383. The van der Waals surface area contributed by atoms with Crippen molar-refractivity contribution in [3.05, 3.63) is 53.6 Å².